The Morgan fingerprint density at radius 3 is 2.83 bits per heavy atom. The van der Waals surface area contributed by atoms with Crippen molar-refractivity contribution in [2.45, 2.75) is 50.5 Å². The third-order valence-electron chi connectivity index (χ3n) is 8.47. The van der Waals surface area contributed by atoms with Gasteiger partial charge >= 0.3 is 5.69 Å². The van der Waals surface area contributed by atoms with Gasteiger partial charge in [0.2, 0.25) is 11.1 Å². The summed E-state index contributed by atoms with van der Waals surface area (Å²) in [6.45, 7) is 0.438. The molecule has 46 heavy (non-hydrogen) atoms. The molecule has 3 N–H and O–H groups in total. The predicted molar refractivity (Wildman–Crippen MR) is 165 cm³/mol. The van der Waals surface area contributed by atoms with E-state index in [-0.39, 0.29) is 23.2 Å². The lowest BCUT2D eigenvalue weighted by atomic mass is 10.1. The smallest absolute Gasteiger partial charge is 0.306 e. The summed E-state index contributed by atoms with van der Waals surface area (Å²) in [5, 5.41) is 43.4. The number of nitrogens with one attached hydrogen (secondary N) is 1. The molecule has 2 aliphatic rings. The van der Waals surface area contributed by atoms with E-state index in [1.165, 1.54) is 10.7 Å². The highest BCUT2D eigenvalue weighted by molar-refractivity contribution is 6.28. The van der Waals surface area contributed by atoms with Crippen LogP contribution in [0.25, 0.3) is 16.9 Å². The minimum absolute atomic E-state index is 0.0544. The fourth-order valence-corrected chi connectivity index (χ4v) is 6.29. The number of hydrogen-bond donors (Lipinski definition) is 3. The number of aromatic nitrogens is 7. The van der Waals surface area contributed by atoms with E-state index in [1.807, 2.05) is 24.3 Å². The van der Waals surface area contributed by atoms with Crippen molar-refractivity contribution in [1.29, 1.82) is 0 Å². The number of imidazole rings is 1. The van der Waals surface area contributed by atoms with Crippen molar-refractivity contribution in [3.8, 4) is 17.5 Å². The Hall–Kier alpha value is -4.97. The molecule has 7 rings (SSSR count). The highest BCUT2D eigenvalue weighted by Gasteiger charge is 2.60. The maximum atomic E-state index is 13.6. The van der Waals surface area contributed by atoms with E-state index in [0.29, 0.717) is 47.7 Å². The van der Waals surface area contributed by atoms with Gasteiger partial charge in [-0.3, -0.25) is 10.1 Å². The molecule has 0 unspecified atom stereocenters. The second kappa shape index (κ2) is 12.1. The first kappa shape index (κ1) is 29.7. The minimum atomic E-state index is -0.908. The maximum absolute atomic E-state index is 13.6. The SMILES string of the molecule is O=[N+]([O-])c1cc(-n2cc(CCCC#Cc3cccc(CNc4nc(Cl)nc5c4ncn5[C@H]4[C@H](O)[C@H](O)[C@@H]5C[C@@H]54)c3)nn2)ccc1F. The summed E-state index contributed by atoms with van der Waals surface area (Å²) in [5.41, 5.74) is 3.29. The molecular weight excluding hydrogens is 617 g/mol. The molecule has 0 radical (unpaired) electrons. The summed E-state index contributed by atoms with van der Waals surface area (Å²) in [6, 6.07) is 11.1. The van der Waals surface area contributed by atoms with Crippen LogP contribution in [0.1, 0.15) is 42.1 Å². The average Bonchev–Trinajstić information content (AvgIpc) is 3.35. The molecule has 2 aromatic carbocycles. The topological polar surface area (TPSA) is 170 Å². The molecule has 5 aromatic rings. The third kappa shape index (κ3) is 5.76. The molecule has 2 fully saturated rings. The van der Waals surface area contributed by atoms with Crippen LogP contribution >= 0.6 is 11.6 Å². The highest BCUT2D eigenvalue weighted by Crippen LogP contribution is 2.58. The Bertz CT molecular complexity index is 2020. The predicted octanol–water partition coefficient (Wildman–Crippen LogP) is 4.01. The second-order valence-corrected chi connectivity index (χ2v) is 11.8. The Labute approximate surface area is 266 Å². The van der Waals surface area contributed by atoms with Crippen molar-refractivity contribution in [1.82, 2.24) is 34.5 Å². The molecule has 0 aliphatic heterocycles. The summed E-state index contributed by atoms with van der Waals surface area (Å²) in [7, 11) is 0. The maximum Gasteiger partial charge on any atom is 0.306 e. The molecule has 5 atom stereocenters. The Balaban J connectivity index is 0.956. The summed E-state index contributed by atoms with van der Waals surface area (Å²) >= 11 is 6.27. The molecule has 2 aliphatic carbocycles. The van der Waals surface area contributed by atoms with E-state index >= 15 is 0 Å². The van der Waals surface area contributed by atoms with Crippen LogP contribution in [0, 0.1) is 39.6 Å². The Morgan fingerprint density at radius 2 is 2.02 bits per heavy atom. The molecular formula is C31H27ClFN9O4. The number of nitro groups is 1. The van der Waals surface area contributed by atoms with Gasteiger partial charge in [-0.1, -0.05) is 29.2 Å². The largest absolute Gasteiger partial charge is 0.390 e. The second-order valence-electron chi connectivity index (χ2n) is 11.5. The molecule has 0 saturated heterocycles. The number of nitrogens with zero attached hydrogens (tertiary/aromatic N) is 8. The molecule has 2 saturated carbocycles. The zero-order chi connectivity index (χ0) is 31.9. The number of unbranched alkanes of at least 4 members (excludes halogenated alkanes) is 1. The normalized spacial score (nSPS) is 21.5. The van der Waals surface area contributed by atoms with Crippen molar-refractivity contribution in [3.05, 3.63) is 93.0 Å². The van der Waals surface area contributed by atoms with Gasteiger partial charge in [-0.2, -0.15) is 14.4 Å². The average molecular weight is 644 g/mol. The van der Waals surface area contributed by atoms with Gasteiger partial charge in [0.1, 0.15) is 6.10 Å². The fraction of sp³-hybridized carbons (Fsp3) is 0.323. The number of rotatable bonds is 9. The molecule has 234 valence electrons. The van der Waals surface area contributed by atoms with E-state index in [4.69, 9.17) is 11.6 Å². The van der Waals surface area contributed by atoms with E-state index < -0.39 is 28.6 Å². The number of benzene rings is 2. The first-order chi connectivity index (χ1) is 22.3. The Morgan fingerprint density at radius 1 is 1.15 bits per heavy atom. The first-order valence-corrected chi connectivity index (χ1v) is 15.1. The number of hydrogen-bond acceptors (Lipinski definition) is 10. The zero-order valence-electron chi connectivity index (χ0n) is 24.2. The third-order valence-corrected chi connectivity index (χ3v) is 8.64. The van der Waals surface area contributed by atoms with Gasteiger partial charge in [-0.05, 0) is 72.5 Å². The van der Waals surface area contributed by atoms with Gasteiger partial charge in [0.25, 0.3) is 0 Å². The van der Waals surface area contributed by atoms with E-state index in [0.717, 1.165) is 36.1 Å². The van der Waals surface area contributed by atoms with Crippen LogP contribution in [-0.2, 0) is 13.0 Å². The molecule has 0 bridgehead atoms. The van der Waals surface area contributed by atoms with Crippen LogP contribution in [0.3, 0.4) is 0 Å². The van der Waals surface area contributed by atoms with Gasteiger partial charge in [-0.25, -0.2) is 9.67 Å². The van der Waals surface area contributed by atoms with Crippen molar-refractivity contribution in [2.75, 3.05) is 5.32 Å². The quantitative estimate of drug-likeness (QED) is 0.0701. The number of aliphatic hydroxyl groups is 2. The van der Waals surface area contributed by atoms with Crippen LogP contribution in [0.5, 0.6) is 0 Å². The molecule has 3 heterocycles. The van der Waals surface area contributed by atoms with Gasteiger partial charge in [-0.15, -0.1) is 5.10 Å². The monoisotopic (exact) mass is 643 g/mol. The number of fused-ring (bicyclic) bond motifs is 2. The van der Waals surface area contributed by atoms with Crippen LogP contribution < -0.4 is 5.32 Å². The minimum Gasteiger partial charge on any atom is -0.390 e. The fourth-order valence-electron chi connectivity index (χ4n) is 6.12. The number of halogens is 2. The molecule has 15 heteroatoms. The van der Waals surface area contributed by atoms with E-state index in [9.17, 15) is 24.7 Å². The summed E-state index contributed by atoms with van der Waals surface area (Å²) < 4.78 is 16.8. The van der Waals surface area contributed by atoms with Crippen LogP contribution in [0.4, 0.5) is 15.9 Å². The summed E-state index contributed by atoms with van der Waals surface area (Å²) in [4.78, 5) is 23.5. The lowest BCUT2D eigenvalue weighted by Crippen LogP contribution is -2.31. The van der Waals surface area contributed by atoms with Crippen molar-refractivity contribution in [2.24, 2.45) is 11.8 Å². The van der Waals surface area contributed by atoms with Crippen molar-refractivity contribution >= 4 is 34.3 Å². The van der Waals surface area contributed by atoms with Gasteiger partial charge < -0.3 is 20.1 Å². The van der Waals surface area contributed by atoms with Gasteiger partial charge in [0.15, 0.2) is 17.0 Å². The molecule has 0 amide bonds. The summed E-state index contributed by atoms with van der Waals surface area (Å²) in [5.74, 6) is 6.23. The van der Waals surface area contributed by atoms with Gasteiger partial charge in [0, 0.05) is 24.6 Å². The van der Waals surface area contributed by atoms with E-state index in [2.05, 4.69) is 42.4 Å². The first-order valence-electron chi connectivity index (χ1n) is 14.7. The molecule has 13 nitrogen and oxygen atoms in total. The number of nitro benzene ring substituents is 1. The van der Waals surface area contributed by atoms with Gasteiger partial charge in [0.05, 0.1) is 41.0 Å². The molecule has 0 spiro atoms. The lowest BCUT2D eigenvalue weighted by molar-refractivity contribution is -0.387. The standard InChI is InChI=1S/C31H27ClFN9O4/c32-31-36-29(25-30(37-31)40(16-35-25)26-21-13-22(21)27(43)28(26)44)34-14-18-7-4-6-17(11-18)5-2-1-3-8-19-15-41(39-38-19)20-9-10-23(33)24(12-20)42(45)46/h4,6-7,9-12,15-16,21-22,26-28,43-44H,1,3,8,13-14H2,(H,34,36,37)/t21-,22+,26+,27+,28-/m0/s1. The number of anilines is 1. The van der Waals surface area contributed by atoms with E-state index in [1.54, 1.807) is 17.1 Å². The van der Waals surface area contributed by atoms with Crippen molar-refractivity contribution in [3.63, 3.8) is 0 Å². The summed E-state index contributed by atoms with van der Waals surface area (Å²) in [6.07, 6.45) is 4.47. The van der Waals surface area contributed by atoms with Crippen molar-refractivity contribution < 1.29 is 19.5 Å². The number of aryl methyl sites for hydroxylation is 1. The van der Waals surface area contributed by atoms with Crippen LogP contribution in [0.15, 0.2) is 55.0 Å². The van der Waals surface area contributed by atoms with Crippen LogP contribution in [0.2, 0.25) is 5.28 Å². The zero-order valence-corrected chi connectivity index (χ0v) is 24.9. The van der Waals surface area contributed by atoms with Crippen LogP contribution in [-0.4, -0.2) is 61.9 Å². The highest BCUT2D eigenvalue weighted by atomic mass is 35.5. The number of aliphatic hydroxyl groups excluding tert-OH is 2. The lowest BCUT2D eigenvalue weighted by Gasteiger charge is -2.22. The molecule has 3 aromatic heterocycles. The Kier molecular flexibility index (Phi) is 7.81.